The first kappa shape index (κ1) is 11.1. The van der Waals surface area contributed by atoms with Gasteiger partial charge in [0, 0.05) is 12.1 Å². The van der Waals surface area contributed by atoms with Gasteiger partial charge < -0.3 is 0 Å². The first-order chi connectivity index (χ1) is 7.06. The van der Waals surface area contributed by atoms with Gasteiger partial charge in [-0.05, 0) is 12.5 Å². The SMILES string of the molecule is C[C@@H](C(=O)NN)c1ccc([N+](=O)[O-])cc1. The molecule has 0 aliphatic heterocycles. The Balaban J connectivity index is 2.89. The number of rotatable bonds is 3. The molecule has 3 N–H and O–H groups in total. The van der Waals surface area contributed by atoms with Gasteiger partial charge in [0.25, 0.3) is 5.69 Å². The van der Waals surface area contributed by atoms with E-state index in [9.17, 15) is 14.9 Å². The van der Waals surface area contributed by atoms with E-state index < -0.39 is 10.8 Å². The van der Waals surface area contributed by atoms with Crippen LogP contribution < -0.4 is 11.3 Å². The molecule has 6 heteroatoms. The van der Waals surface area contributed by atoms with Gasteiger partial charge >= 0.3 is 0 Å². The van der Waals surface area contributed by atoms with Crippen LogP contribution in [-0.2, 0) is 4.79 Å². The summed E-state index contributed by atoms with van der Waals surface area (Å²) in [6, 6.07) is 5.79. The summed E-state index contributed by atoms with van der Waals surface area (Å²) < 4.78 is 0. The zero-order valence-electron chi connectivity index (χ0n) is 8.14. The van der Waals surface area contributed by atoms with Crippen molar-refractivity contribution >= 4 is 11.6 Å². The van der Waals surface area contributed by atoms with Crippen LogP contribution in [-0.4, -0.2) is 10.8 Å². The van der Waals surface area contributed by atoms with Crippen LogP contribution >= 0.6 is 0 Å². The fourth-order valence-electron chi connectivity index (χ4n) is 1.16. The van der Waals surface area contributed by atoms with E-state index in [0.717, 1.165) is 0 Å². The smallest absolute Gasteiger partial charge is 0.269 e. The molecule has 0 aromatic heterocycles. The quantitative estimate of drug-likeness (QED) is 0.331. The van der Waals surface area contributed by atoms with E-state index in [2.05, 4.69) is 0 Å². The molecule has 0 spiro atoms. The Morgan fingerprint density at radius 2 is 2.00 bits per heavy atom. The molecule has 0 fully saturated rings. The van der Waals surface area contributed by atoms with E-state index in [4.69, 9.17) is 5.84 Å². The summed E-state index contributed by atoms with van der Waals surface area (Å²) in [5, 5.41) is 10.4. The largest absolute Gasteiger partial charge is 0.294 e. The molecule has 0 heterocycles. The van der Waals surface area contributed by atoms with Crippen molar-refractivity contribution in [3.8, 4) is 0 Å². The summed E-state index contributed by atoms with van der Waals surface area (Å²) in [5.74, 6) is 4.23. The summed E-state index contributed by atoms with van der Waals surface area (Å²) in [7, 11) is 0. The van der Waals surface area contributed by atoms with Gasteiger partial charge in [-0.25, -0.2) is 5.84 Å². The number of nitrogens with one attached hydrogen (secondary N) is 1. The van der Waals surface area contributed by atoms with E-state index in [-0.39, 0.29) is 11.6 Å². The van der Waals surface area contributed by atoms with Gasteiger partial charge in [-0.1, -0.05) is 12.1 Å². The molecule has 0 aliphatic rings. The first-order valence-electron chi connectivity index (χ1n) is 4.31. The van der Waals surface area contributed by atoms with Crippen LogP contribution in [0.15, 0.2) is 24.3 Å². The van der Waals surface area contributed by atoms with Crippen molar-refractivity contribution < 1.29 is 9.72 Å². The summed E-state index contributed by atoms with van der Waals surface area (Å²) in [6.45, 7) is 1.67. The van der Waals surface area contributed by atoms with Crippen molar-refractivity contribution in [3.63, 3.8) is 0 Å². The van der Waals surface area contributed by atoms with Crippen LogP contribution in [0.5, 0.6) is 0 Å². The molecule has 1 rings (SSSR count). The topological polar surface area (TPSA) is 98.3 Å². The Kier molecular flexibility index (Phi) is 3.35. The van der Waals surface area contributed by atoms with E-state index in [1.165, 1.54) is 24.3 Å². The number of non-ortho nitro benzene ring substituents is 1. The zero-order chi connectivity index (χ0) is 11.4. The minimum Gasteiger partial charge on any atom is -0.294 e. The summed E-state index contributed by atoms with van der Waals surface area (Å²) in [6.07, 6.45) is 0. The number of nitro benzene ring substituents is 1. The van der Waals surface area contributed by atoms with Crippen molar-refractivity contribution in [2.45, 2.75) is 12.8 Å². The van der Waals surface area contributed by atoms with Gasteiger partial charge in [0.1, 0.15) is 0 Å². The van der Waals surface area contributed by atoms with Gasteiger partial charge in [0.15, 0.2) is 0 Å². The molecular formula is C9H11N3O3. The normalized spacial score (nSPS) is 11.9. The maximum atomic E-state index is 11.2. The number of amides is 1. The Labute approximate surface area is 86.2 Å². The Hall–Kier alpha value is -1.95. The third-order valence-electron chi connectivity index (χ3n) is 2.14. The number of hydrogen-bond acceptors (Lipinski definition) is 4. The van der Waals surface area contributed by atoms with Crippen LogP contribution in [0, 0.1) is 10.1 Å². The summed E-state index contributed by atoms with van der Waals surface area (Å²) in [4.78, 5) is 21.1. The van der Waals surface area contributed by atoms with Crippen LogP contribution in [0.1, 0.15) is 18.4 Å². The lowest BCUT2D eigenvalue weighted by Gasteiger charge is -2.08. The van der Waals surface area contributed by atoms with Gasteiger partial charge in [0.05, 0.1) is 10.8 Å². The van der Waals surface area contributed by atoms with Crippen LogP contribution in [0.4, 0.5) is 5.69 Å². The van der Waals surface area contributed by atoms with Crippen LogP contribution in [0.25, 0.3) is 0 Å². The van der Waals surface area contributed by atoms with Crippen molar-refractivity contribution in [2.24, 2.45) is 5.84 Å². The Morgan fingerprint density at radius 3 is 2.40 bits per heavy atom. The van der Waals surface area contributed by atoms with Gasteiger partial charge in [0.2, 0.25) is 5.91 Å². The molecule has 1 aromatic rings. The molecule has 6 nitrogen and oxygen atoms in total. The predicted octanol–water partition coefficient (Wildman–Crippen LogP) is 0.688. The Bertz CT molecular complexity index is 375. The average Bonchev–Trinajstić information content (AvgIpc) is 2.27. The molecule has 0 bridgehead atoms. The number of hydrogen-bond donors (Lipinski definition) is 2. The van der Waals surface area contributed by atoms with E-state index in [1.807, 2.05) is 5.43 Å². The maximum Gasteiger partial charge on any atom is 0.269 e. The monoisotopic (exact) mass is 209 g/mol. The molecule has 0 saturated carbocycles. The van der Waals surface area contributed by atoms with E-state index in [0.29, 0.717) is 5.56 Å². The van der Waals surface area contributed by atoms with Crippen molar-refractivity contribution in [3.05, 3.63) is 39.9 Å². The lowest BCUT2D eigenvalue weighted by atomic mass is 10.0. The molecule has 0 saturated heterocycles. The molecule has 0 radical (unpaired) electrons. The highest BCUT2D eigenvalue weighted by atomic mass is 16.6. The number of carbonyl (C=O) groups is 1. The predicted molar refractivity (Wildman–Crippen MR) is 53.8 cm³/mol. The molecule has 0 unspecified atom stereocenters. The lowest BCUT2D eigenvalue weighted by Crippen LogP contribution is -2.33. The maximum absolute atomic E-state index is 11.2. The van der Waals surface area contributed by atoms with E-state index in [1.54, 1.807) is 6.92 Å². The molecule has 1 amide bonds. The highest BCUT2D eigenvalue weighted by molar-refractivity contribution is 5.82. The second-order valence-electron chi connectivity index (χ2n) is 3.08. The number of carbonyl (C=O) groups excluding carboxylic acids is 1. The number of nitrogens with two attached hydrogens (primary N) is 1. The lowest BCUT2D eigenvalue weighted by molar-refractivity contribution is -0.384. The van der Waals surface area contributed by atoms with Crippen LogP contribution in [0.3, 0.4) is 0 Å². The van der Waals surface area contributed by atoms with Crippen LogP contribution in [0.2, 0.25) is 0 Å². The standard InChI is InChI=1S/C9H11N3O3/c1-6(9(13)11-10)7-2-4-8(5-3-7)12(14)15/h2-6H,10H2,1H3,(H,11,13)/t6-/m1/s1. The fourth-order valence-corrected chi connectivity index (χ4v) is 1.16. The van der Waals surface area contributed by atoms with Crippen molar-refractivity contribution in [2.75, 3.05) is 0 Å². The second-order valence-corrected chi connectivity index (χ2v) is 3.08. The third-order valence-corrected chi connectivity index (χ3v) is 2.14. The minimum absolute atomic E-state index is 0.000827. The highest BCUT2D eigenvalue weighted by Crippen LogP contribution is 2.18. The number of nitrogens with zero attached hydrogens (tertiary/aromatic N) is 1. The average molecular weight is 209 g/mol. The van der Waals surface area contributed by atoms with Gasteiger partial charge in [-0.3, -0.25) is 20.3 Å². The fraction of sp³-hybridized carbons (Fsp3) is 0.222. The molecule has 1 atom stereocenters. The molecule has 15 heavy (non-hydrogen) atoms. The second kappa shape index (κ2) is 4.52. The zero-order valence-corrected chi connectivity index (χ0v) is 8.14. The number of nitro groups is 1. The summed E-state index contributed by atoms with van der Waals surface area (Å²) >= 11 is 0. The Morgan fingerprint density at radius 1 is 1.47 bits per heavy atom. The first-order valence-corrected chi connectivity index (χ1v) is 4.31. The highest BCUT2D eigenvalue weighted by Gasteiger charge is 2.14. The van der Waals surface area contributed by atoms with Gasteiger partial charge in [-0.2, -0.15) is 0 Å². The molecule has 1 aromatic carbocycles. The molecule has 80 valence electrons. The van der Waals surface area contributed by atoms with Crippen molar-refractivity contribution in [1.82, 2.24) is 5.43 Å². The molecule has 0 aliphatic carbocycles. The number of benzene rings is 1. The van der Waals surface area contributed by atoms with Crippen molar-refractivity contribution in [1.29, 1.82) is 0 Å². The number of hydrazine groups is 1. The van der Waals surface area contributed by atoms with E-state index >= 15 is 0 Å². The minimum atomic E-state index is -0.489. The van der Waals surface area contributed by atoms with Gasteiger partial charge in [-0.15, -0.1) is 0 Å². The summed E-state index contributed by atoms with van der Waals surface area (Å²) in [5.41, 5.74) is 2.71. The molecular weight excluding hydrogens is 198 g/mol. The third kappa shape index (κ3) is 2.50.